The molecule has 9 heavy (non-hydrogen) atoms. The molecule has 0 radical (unpaired) electrons. The third-order valence-electron chi connectivity index (χ3n) is 1.23. The van der Waals surface area contributed by atoms with Gasteiger partial charge in [-0.2, -0.15) is 0 Å². The molecule has 0 spiro atoms. The van der Waals surface area contributed by atoms with Gasteiger partial charge in [-0.05, 0) is 12.1 Å². The van der Waals surface area contributed by atoms with Gasteiger partial charge in [-0.15, -0.1) is 5.53 Å². The first-order chi connectivity index (χ1) is 5.29. The topological polar surface area (TPSA) is 36.1 Å². The molecular formula is C6H7N3. The predicted molar refractivity (Wildman–Crippen MR) is 36.8 cm³/mol. The van der Waals surface area contributed by atoms with E-state index in [0.717, 1.165) is 16.6 Å². The zero-order chi connectivity index (χ0) is 7.84. The van der Waals surface area contributed by atoms with Gasteiger partial charge in [-0.1, -0.05) is 12.1 Å². The van der Waals surface area contributed by atoms with Crippen LogP contribution in [0.1, 0.15) is 0 Å². The van der Waals surface area contributed by atoms with E-state index in [1.165, 1.54) is 0 Å². The average Bonchev–Trinajstić information content (AvgIpc) is 2.30. The van der Waals surface area contributed by atoms with Gasteiger partial charge in [-0.3, -0.25) is 0 Å². The Morgan fingerprint density at radius 3 is 2.78 bits per heavy atom. The van der Waals surface area contributed by atoms with Gasteiger partial charge in [0.25, 0.3) is 0 Å². The molecule has 46 valence electrons. The second kappa shape index (κ2) is 1.63. The molecule has 0 unspecified atom stereocenters. The van der Waals surface area contributed by atoms with Gasteiger partial charge < -0.3 is 10.8 Å². The quantitative estimate of drug-likeness (QED) is 0.480. The first-order valence-corrected chi connectivity index (χ1v) is 2.72. The summed E-state index contributed by atoms with van der Waals surface area (Å²) in [4.78, 5) is 0. The van der Waals surface area contributed by atoms with Crippen molar-refractivity contribution in [1.29, 1.82) is 0 Å². The molecule has 0 saturated carbocycles. The third kappa shape index (κ3) is 0.622. The maximum absolute atomic E-state index is 7.33. The maximum Gasteiger partial charge on any atom is 0.183 e. The summed E-state index contributed by atoms with van der Waals surface area (Å²) in [5, 5.41) is 0. The summed E-state index contributed by atoms with van der Waals surface area (Å²) in [6.45, 7) is 0. The minimum Gasteiger partial charge on any atom is -0.302 e. The Kier molecular flexibility index (Phi) is 0.558. The molecule has 3 heteroatoms. The molecule has 1 heterocycles. The van der Waals surface area contributed by atoms with Crippen molar-refractivity contribution in [1.82, 2.24) is 5.53 Å². The SMILES string of the molecule is [2H]N1Nc2ccccc2N1[2H]. The van der Waals surface area contributed by atoms with Crippen LogP contribution in [0.4, 0.5) is 11.4 Å². The van der Waals surface area contributed by atoms with Gasteiger partial charge in [0.1, 0.15) is 0 Å². The second-order valence-electron chi connectivity index (χ2n) is 1.83. The van der Waals surface area contributed by atoms with Crippen LogP contribution >= 0.6 is 0 Å². The van der Waals surface area contributed by atoms with E-state index in [1.54, 1.807) is 6.07 Å². The molecule has 1 aliphatic rings. The van der Waals surface area contributed by atoms with Crippen LogP contribution in [0.2, 0.25) is 2.82 Å². The smallest absolute Gasteiger partial charge is 0.183 e. The fourth-order valence-electron chi connectivity index (χ4n) is 0.788. The Morgan fingerprint density at radius 1 is 1.22 bits per heavy atom. The van der Waals surface area contributed by atoms with E-state index in [4.69, 9.17) is 2.82 Å². The fourth-order valence-corrected chi connectivity index (χ4v) is 0.788. The van der Waals surface area contributed by atoms with Gasteiger partial charge in [0.2, 0.25) is 0 Å². The molecule has 3 N–H and O–H groups in total. The van der Waals surface area contributed by atoms with Crippen LogP contribution in [-0.4, -0.2) is 0 Å². The van der Waals surface area contributed by atoms with Gasteiger partial charge >= 0.3 is 0 Å². The van der Waals surface area contributed by atoms with Crippen molar-refractivity contribution in [3.05, 3.63) is 24.3 Å². The largest absolute Gasteiger partial charge is 0.302 e. The molecule has 0 aliphatic carbocycles. The van der Waals surface area contributed by atoms with Crippen molar-refractivity contribution in [2.75, 3.05) is 10.8 Å². The maximum atomic E-state index is 7.33. The molecule has 0 fully saturated rings. The number of para-hydroxylation sites is 2. The lowest BCUT2D eigenvalue weighted by atomic mass is 10.3. The van der Waals surface area contributed by atoms with Crippen molar-refractivity contribution in [3.8, 4) is 0 Å². The first kappa shape index (κ1) is 3.08. The van der Waals surface area contributed by atoms with Crippen LogP contribution < -0.4 is 16.4 Å². The van der Waals surface area contributed by atoms with Crippen molar-refractivity contribution < 1.29 is 2.82 Å². The number of benzene rings is 1. The first-order valence-electron chi connectivity index (χ1n) is 3.62. The summed E-state index contributed by atoms with van der Waals surface area (Å²) >= 11 is 0. The van der Waals surface area contributed by atoms with Crippen LogP contribution in [-0.2, 0) is 0 Å². The molecule has 0 atom stereocenters. The van der Waals surface area contributed by atoms with Crippen LogP contribution in [0.3, 0.4) is 0 Å². The van der Waals surface area contributed by atoms with E-state index in [0.29, 0.717) is 5.69 Å². The van der Waals surface area contributed by atoms with Gasteiger partial charge in [-0.25, -0.2) is 0 Å². The highest BCUT2D eigenvalue weighted by atomic mass is 15.6. The zero-order valence-electron chi connectivity index (χ0n) is 6.70. The number of anilines is 2. The van der Waals surface area contributed by atoms with E-state index in [1.807, 2.05) is 18.2 Å². The number of rotatable bonds is 0. The van der Waals surface area contributed by atoms with Gasteiger partial charge in [0, 0.05) is 0 Å². The normalized spacial score (nSPS) is 20.2. The molecule has 1 aromatic rings. The standard InChI is InChI=1S/C6H7N3/c1-2-4-6-5(3-1)7-9-8-6/h1-4,7-9H/i/hD2. The van der Waals surface area contributed by atoms with Gasteiger partial charge in [0.05, 0.1) is 11.4 Å². The molecule has 1 aliphatic heterocycles. The van der Waals surface area contributed by atoms with Crippen LogP contribution in [0.5, 0.6) is 0 Å². The summed E-state index contributed by atoms with van der Waals surface area (Å²) in [5.74, 6) is 0. The number of hydrogen-bond acceptors (Lipinski definition) is 3. The van der Waals surface area contributed by atoms with E-state index in [9.17, 15) is 0 Å². The van der Waals surface area contributed by atoms with Crippen molar-refractivity contribution in [3.63, 3.8) is 0 Å². The highest BCUT2D eigenvalue weighted by molar-refractivity contribution is 5.70. The molecule has 0 saturated heterocycles. The Labute approximate surface area is 55.9 Å². The number of fused-ring (bicyclic) bond motifs is 1. The summed E-state index contributed by atoms with van der Waals surface area (Å²) in [6.07, 6.45) is 0. The van der Waals surface area contributed by atoms with Crippen LogP contribution in [0, 0.1) is 0 Å². The second-order valence-corrected chi connectivity index (χ2v) is 1.83. The minimum absolute atomic E-state index is 0.697. The minimum atomic E-state index is 0.697. The third-order valence-corrected chi connectivity index (χ3v) is 1.23. The highest BCUT2D eigenvalue weighted by Gasteiger charge is 2.04. The van der Waals surface area contributed by atoms with Crippen LogP contribution in [0.25, 0.3) is 0 Å². The predicted octanol–water partition coefficient (Wildman–Crippen LogP) is 0.944. The zero-order valence-corrected chi connectivity index (χ0v) is 4.70. The van der Waals surface area contributed by atoms with Gasteiger partial charge in [0.15, 0.2) is 2.82 Å². The summed E-state index contributed by atoms with van der Waals surface area (Å²) in [6, 6.07) is 7.30. The van der Waals surface area contributed by atoms with Crippen molar-refractivity contribution >= 4 is 11.4 Å². The Morgan fingerprint density at radius 2 is 2.00 bits per heavy atom. The Hall–Kier alpha value is -1.22. The molecule has 0 bridgehead atoms. The average molecular weight is 123 g/mol. The molecule has 0 aromatic heterocycles. The van der Waals surface area contributed by atoms with E-state index in [2.05, 4.69) is 5.43 Å². The number of hydrazine groups is 2. The van der Waals surface area contributed by atoms with Crippen LogP contribution in [0.15, 0.2) is 24.3 Å². The Bertz CT molecular complexity index is 278. The highest BCUT2D eigenvalue weighted by Crippen LogP contribution is 2.21. The molecule has 2 rings (SSSR count). The van der Waals surface area contributed by atoms with E-state index in [-0.39, 0.29) is 0 Å². The lowest BCUT2D eigenvalue weighted by Crippen LogP contribution is -2.19. The molecule has 3 nitrogen and oxygen atoms in total. The lowest BCUT2D eigenvalue weighted by Gasteiger charge is -1.91. The van der Waals surface area contributed by atoms with E-state index >= 15 is 0 Å². The lowest BCUT2D eigenvalue weighted by molar-refractivity contribution is 1.01. The molecule has 1 aromatic carbocycles. The Balaban J connectivity index is 2.47. The summed E-state index contributed by atoms with van der Waals surface area (Å²) in [5.41, 5.74) is 6.02. The van der Waals surface area contributed by atoms with Crippen molar-refractivity contribution in [2.45, 2.75) is 0 Å². The van der Waals surface area contributed by atoms with E-state index < -0.39 is 0 Å². The fraction of sp³-hybridized carbons (Fsp3) is 0. The monoisotopic (exact) mass is 123 g/mol. The number of hydrogen-bond donors (Lipinski definition) is 3. The number of nitrogens with one attached hydrogen (secondary N) is 3. The summed E-state index contributed by atoms with van der Waals surface area (Å²) in [7, 11) is 0. The molecule has 0 amide bonds. The molecular weight excluding hydrogens is 114 g/mol. The van der Waals surface area contributed by atoms with Crippen molar-refractivity contribution in [2.24, 2.45) is 0 Å². The summed E-state index contributed by atoms with van der Waals surface area (Å²) < 4.78 is 14.5.